The summed E-state index contributed by atoms with van der Waals surface area (Å²) in [5, 5.41) is -0.0890. The van der Waals surface area contributed by atoms with Gasteiger partial charge in [-0.25, -0.2) is 12.7 Å². The summed E-state index contributed by atoms with van der Waals surface area (Å²) in [5.74, 6) is 0.501. The maximum Gasteiger partial charge on any atom is 0.216 e. The first-order chi connectivity index (χ1) is 10.1. The minimum atomic E-state index is -3.01. The van der Waals surface area contributed by atoms with Gasteiger partial charge in [0.25, 0.3) is 0 Å². The zero-order valence-electron chi connectivity index (χ0n) is 12.4. The van der Waals surface area contributed by atoms with Crippen molar-refractivity contribution in [3.8, 4) is 0 Å². The lowest BCUT2D eigenvalue weighted by molar-refractivity contribution is 0.167. The molecule has 0 radical (unpaired) electrons. The van der Waals surface area contributed by atoms with Crippen LogP contribution in [0.2, 0.25) is 0 Å². The maximum absolute atomic E-state index is 12.2. The van der Waals surface area contributed by atoms with Crippen LogP contribution in [0.25, 0.3) is 0 Å². The molecule has 0 N–H and O–H groups in total. The number of piperidine rings is 1. The molecule has 2 aliphatic rings. The second kappa shape index (κ2) is 6.32. The fourth-order valence-corrected chi connectivity index (χ4v) is 5.25. The molecule has 7 heteroatoms. The molecule has 3 rings (SSSR count). The van der Waals surface area contributed by atoms with Gasteiger partial charge in [0.15, 0.2) is 0 Å². The van der Waals surface area contributed by atoms with Gasteiger partial charge in [-0.15, -0.1) is 11.3 Å². The SMILES string of the molecule is CN(CC1CCN(Cc2cncs2)CC1)S(=O)(=O)C1CC1. The largest absolute Gasteiger partial charge is 0.298 e. The van der Waals surface area contributed by atoms with E-state index in [1.807, 2.05) is 11.7 Å². The van der Waals surface area contributed by atoms with Crippen LogP contribution in [0.1, 0.15) is 30.6 Å². The first kappa shape index (κ1) is 15.4. The average molecular weight is 329 g/mol. The lowest BCUT2D eigenvalue weighted by atomic mass is 9.97. The second-order valence-corrected chi connectivity index (χ2v) is 9.50. The number of nitrogens with zero attached hydrogens (tertiary/aromatic N) is 3. The molecule has 2 heterocycles. The normalized spacial score (nSPS) is 22.0. The van der Waals surface area contributed by atoms with Gasteiger partial charge in [-0.05, 0) is 44.7 Å². The molecule has 1 aromatic heterocycles. The lowest BCUT2D eigenvalue weighted by Gasteiger charge is -2.33. The summed E-state index contributed by atoms with van der Waals surface area (Å²) >= 11 is 1.70. The van der Waals surface area contributed by atoms with E-state index in [4.69, 9.17) is 0 Å². The third-order valence-electron chi connectivity index (χ3n) is 4.47. The highest BCUT2D eigenvalue weighted by Crippen LogP contribution is 2.31. The van der Waals surface area contributed by atoms with Gasteiger partial charge >= 0.3 is 0 Å². The number of hydrogen-bond donors (Lipinski definition) is 0. The van der Waals surface area contributed by atoms with Crippen molar-refractivity contribution in [3.63, 3.8) is 0 Å². The van der Waals surface area contributed by atoms with Crippen molar-refractivity contribution in [1.29, 1.82) is 0 Å². The van der Waals surface area contributed by atoms with Crippen LogP contribution in [0.5, 0.6) is 0 Å². The third kappa shape index (κ3) is 3.83. The lowest BCUT2D eigenvalue weighted by Crippen LogP contribution is -2.39. The van der Waals surface area contributed by atoms with Crippen LogP contribution in [0.15, 0.2) is 11.7 Å². The average Bonchev–Trinajstić information content (AvgIpc) is 3.21. The van der Waals surface area contributed by atoms with Gasteiger partial charge in [0.05, 0.1) is 10.8 Å². The minimum absolute atomic E-state index is 0.0890. The molecule has 2 fully saturated rings. The molecular weight excluding hydrogens is 306 g/mol. The van der Waals surface area contributed by atoms with Crippen molar-refractivity contribution in [2.24, 2.45) is 5.92 Å². The van der Waals surface area contributed by atoms with E-state index < -0.39 is 10.0 Å². The van der Waals surface area contributed by atoms with Crippen LogP contribution in [-0.2, 0) is 16.6 Å². The van der Waals surface area contributed by atoms with Gasteiger partial charge in [0.1, 0.15) is 0 Å². The first-order valence-corrected chi connectivity index (χ1v) is 9.99. The van der Waals surface area contributed by atoms with Gasteiger partial charge in [0.2, 0.25) is 10.0 Å². The zero-order valence-corrected chi connectivity index (χ0v) is 14.1. The molecule has 0 aromatic carbocycles. The molecule has 0 bridgehead atoms. The first-order valence-electron chi connectivity index (χ1n) is 7.60. The van der Waals surface area contributed by atoms with E-state index >= 15 is 0 Å². The van der Waals surface area contributed by atoms with Crippen LogP contribution in [0.4, 0.5) is 0 Å². The van der Waals surface area contributed by atoms with Gasteiger partial charge in [-0.2, -0.15) is 0 Å². The Labute approximate surface area is 131 Å². The summed E-state index contributed by atoms with van der Waals surface area (Å²) in [6.07, 6.45) is 5.80. The predicted octanol–water partition coefficient (Wildman–Crippen LogP) is 1.78. The van der Waals surface area contributed by atoms with Crippen molar-refractivity contribution in [3.05, 3.63) is 16.6 Å². The Bertz CT molecular complexity index is 547. The summed E-state index contributed by atoms with van der Waals surface area (Å²) in [4.78, 5) is 7.86. The monoisotopic (exact) mass is 329 g/mol. The van der Waals surface area contributed by atoms with Crippen LogP contribution >= 0.6 is 11.3 Å². The summed E-state index contributed by atoms with van der Waals surface area (Å²) in [7, 11) is -1.26. The van der Waals surface area contributed by atoms with Crippen molar-refractivity contribution in [2.75, 3.05) is 26.7 Å². The second-order valence-electron chi connectivity index (χ2n) is 6.21. The van der Waals surface area contributed by atoms with E-state index in [0.29, 0.717) is 12.5 Å². The highest BCUT2D eigenvalue weighted by atomic mass is 32.2. The van der Waals surface area contributed by atoms with Crippen molar-refractivity contribution in [1.82, 2.24) is 14.2 Å². The maximum atomic E-state index is 12.2. The number of likely N-dealkylation sites (tertiary alicyclic amines) is 1. The molecule has 0 unspecified atom stereocenters. The van der Waals surface area contributed by atoms with Crippen LogP contribution in [0, 0.1) is 5.92 Å². The molecule has 0 atom stereocenters. The topological polar surface area (TPSA) is 53.5 Å². The Kier molecular flexibility index (Phi) is 4.63. The van der Waals surface area contributed by atoms with E-state index in [2.05, 4.69) is 9.88 Å². The molecule has 1 saturated carbocycles. The van der Waals surface area contributed by atoms with Gasteiger partial charge in [-0.1, -0.05) is 0 Å². The standard InChI is InChI=1S/C14H23N3O2S2/c1-16(21(18,19)14-2-3-14)9-12-4-6-17(7-5-12)10-13-8-15-11-20-13/h8,11-12,14H,2-7,9-10H2,1H3. The summed E-state index contributed by atoms with van der Waals surface area (Å²) in [5.41, 5.74) is 1.87. The Morgan fingerprint density at radius 2 is 2.05 bits per heavy atom. The molecule has 1 saturated heterocycles. The fourth-order valence-electron chi connectivity index (χ4n) is 2.96. The quantitative estimate of drug-likeness (QED) is 0.798. The number of thiazole rings is 1. The number of rotatable bonds is 6. The molecule has 0 amide bonds. The van der Waals surface area contributed by atoms with Gasteiger partial charge in [0, 0.05) is 31.2 Å². The molecule has 1 aliphatic carbocycles. The highest BCUT2D eigenvalue weighted by Gasteiger charge is 2.39. The van der Waals surface area contributed by atoms with Crippen molar-refractivity contribution >= 4 is 21.4 Å². The summed E-state index contributed by atoms with van der Waals surface area (Å²) < 4.78 is 25.9. The van der Waals surface area contributed by atoms with Crippen molar-refractivity contribution in [2.45, 2.75) is 37.5 Å². The van der Waals surface area contributed by atoms with E-state index in [1.165, 1.54) is 4.88 Å². The predicted molar refractivity (Wildman–Crippen MR) is 84.7 cm³/mol. The summed E-state index contributed by atoms with van der Waals surface area (Å²) in [6, 6.07) is 0. The molecule has 1 aliphatic heterocycles. The fraction of sp³-hybridized carbons (Fsp3) is 0.786. The summed E-state index contributed by atoms with van der Waals surface area (Å²) in [6.45, 7) is 3.78. The number of aromatic nitrogens is 1. The number of hydrogen-bond acceptors (Lipinski definition) is 5. The van der Waals surface area contributed by atoms with Crippen LogP contribution in [-0.4, -0.2) is 54.5 Å². The van der Waals surface area contributed by atoms with Crippen LogP contribution < -0.4 is 0 Å². The van der Waals surface area contributed by atoms with Gasteiger partial charge in [-0.3, -0.25) is 9.88 Å². The van der Waals surface area contributed by atoms with E-state index in [9.17, 15) is 8.42 Å². The molecular formula is C14H23N3O2S2. The minimum Gasteiger partial charge on any atom is -0.298 e. The molecule has 118 valence electrons. The zero-order chi connectivity index (χ0) is 14.9. The molecule has 5 nitrogen and oxygen atoms in total. The highest BCUT2D eigenvalue weighted by molar-refractivity contribution is 7.90. The molecule has 1 aromatic rings. The van der Waals surface area contributed by atoms with E-state index in [1.54, 1.807) is 22.7 Å². The Morgan fingerprint density at radius 1 is 1.33 bits per heavy atom. The molecule has 0 spiro atoms. The van der Waals surface area contributed by atoms with Crippen molar-refractivity contribution < 1.29 is 8.42 Å². The van der Waals surface area contributed by atoms with Gasteiger partial charge < -0.3 is 0 Å². The molecule has 21 heavy (non-hydrogen) atoms. The Morgan fingerprint density at radius 3 is 2.62 bits per heavy atom. The Balaban J connectivity index is 1.45. The van der Waals surface area contributed by atoms with Crippen LogP contribution in [0.3, 0.4) is 0 Å². The third-order valence-corrected chi connectivity index (χ3v) is 7.56. The van der Waals surface area contributed by atoms with E-state index in [-0.39, 0.29) is 5.25 Å². The number of sulfonamides is 1. The van der Waals surface area contributed by atoms with E-state index in [0.717, 1.165) is 45.3 Å². The smallest absolute Gasteiger partial charge is 0.216 e. The Hall–Kier alpha value is -0.500.